The maximum atomic E-state index is 13.1. The smallest absolute Gasteiger partial charge is 0.322 e. The second-order valence-corrected chi connectivity index (χ2v) is 8.61. The summed E-state index contributed by atoms with van der Waals surface area (Å²) in [6.45, 7) is 1.90. The molecule has 4 rings (SSSR count). The third-order valence-electron chi connectivity index (χ3n) is 5.74. The zero-order chi connectivity index (χ0) is 29.0. The largest absolute Gasteiger partial charge is 0.416 e. The van der Waals surface area contributed by atoms with Gasteiger partial charge in [-0.05, 0) is 61.5 Å². The molecule has 1 heterocycles. The Bertz CT molecular complexity index is 1520. The number of aryl methyl sites for hydroxylation is 1. The van der Waals surface area contributed by atoms with E-state index < -0.39 is 47.1 Å². The van der Waals surface area contributed by atoms with Crippen LogP contribution in [0.3, 0.4) is 0 Å². The van der Waals surface area contributed by atoms with Crippen molar-refractivity contribution in [1.29, 1.82) is 0 Å². The van der Waals surface area contributed by atoms with Crippen LogP contribution in [-0.2, 0) is 15.8 Å². The number of nitrogens with zero attached hydrogens (tertiary/aromatic N) is 2. The number of nitrogens with one attached hydrogen (secondary N) is 3. The van der Waals surface area contributed by atoms with Gasteiger partial charge in [0.05, 0.1) is 11.3 Å². The van der Waals surface area contributed by atoms with E-state index in [1.54, 1.807) is 24.3 Å². The van der Waals surface area contributed by atoms with Crippen molar-refractivity contribution in [3.8, 4) is 0 Å². The minimum Gasteiger partial charge on any atom is -0.322 e. The average Bonchev–Trinajstić information content (AvgIpc) is 2.90. The van der Waals surface area contributed by atoms with Gasteiger partial charge in [-0.3, -0.25) is 24.5 Å². The highest BCUT2D eigenvalue weighted by molar-refractivity contribution is 6.32. The van der Waals surface area contributed by atoms with Crippen LogP contribution in [0.4, 0.5) is 29.3 Å². The zero-order valence-corrected chi connectivity index (χ0v) is 20.7. The van der Waals surface area contributed by atoms with Crippen LogP contribution in [0, 0.1) is 12.8 Å². The minimum absolute atomic E-state index is 0.130. The summed E-state index contributed by atoms with van der Waals surface area (Å²) in [5, 5.41) is 8.18. The van der Waals surface area contributed by atoms with Gasteiger partial charge in [0.25, 0.3) is 17.7 Å². The number of imide groups is 2. The van der Waals surface area contributed by atoms with E-state index in [2.05, 4.69) is 15.8 Å². The lowest BCUT2D eigenvalue weighted by atomic mass is 10.1. The van der Waals surface area contributed by atoms with E-state index in [0.29, 0.717) is 22.2 Å². The maximum Gasteiger partial charge on any atom is 0.416 e. The zero-order valence-electron chi connectivity index (χ0n) is 20.7. The number of alkyl halides is 3. The number of hydrogen-bond donors (Lipinski definition) is 3. The molecule has 6 amide bonds. The summed E-state index contributed by atoms with van der Waals surface area (Å²) in [6.07, 6.45) is -3.96. The number of amides is 6. The molecule has 1 fully saturated rings. The molecule has 0 saturated carbocycles. The third kappa shape index (κ3) is 6.20. The van der Waals surface area contributed by atoms with Gasteiger partial charge in [-0.15, -0.1) is 0 Å². The van der Waals surface area contributed by atoms with Gasteiger partial charge < -0.3 is 5.32 Å². The maximum absolute atomic E-state index is 13.1. The van der Waals surface area contributed by atoms with Gasteiger partial charge in [0.2, 0.25) is 5.91 Å². The van der Waals surface area contributed by atoms with Crippen molar-refractivity contribution in [2.75, 3.05) is 10.2 Å². The molecule has 0 spiro atoms. The van der Waals surface area contributed by atoms with Crippen LogP contribution in [-0.4, -0.2) is 35.9 Å². The third-order valence-corrected chi connectivity index (χ3v) is 5.74. The Balaban J connectivity index is 1.40. The first-order valence-corrected chi connectivity index (χ1v) is 11.6. The lowest BCUT2D eigenvalue weighted by molar-refractivity contribution is -0.138. The number of hydrazone groups is 1. The van der Waals surface area contributed by atoms with Crippen LogP contribution in [0.2, 0.25) is 0 Å². The van der Waals surface area contributed by atoms with E-state index in [1.165, 1.54) is 24.3 Å². The fourth-order valence-corrected chi connectivity index (χ4v) is 3.64. The Labute approximate surface area is 224 Å². The molecule has 3 aromatic rings. The molecule has 10 nitrogen and oxygen atoms in total. The normalized spacial score (nSPS) is 15.7. The molecule has 40 heavy (non-hydrogen) atoms. The van der Waals surface area contributed by atoms with Gasteiger partial charge in [-0.1, -0.05) is 23.8 Å². The Morgan fingerprint density at radius 2 is 1.55 bits per heavy atom. The van der Waals surface area contributed by atoms with E-state index in [0.717, 1.165) is 30.0 Å². The van der Waals surface area contributed by atoms with Gasteiger partial charge in [0.1, 0.15) is 0 Å². The van der Waals surface area contributed by atoms with Crippen LogP contribution in [0.15, 0.2) is 77.9 Å². The predicted octanol–water partition coefficient (Wildman–Crippen LogP) is 3.88. The predicted molar refractivity (Wildman–Crippen MR) is 137 cm³/mol. The molecule has 0 bridgehead atoms. The van der Waals surface area contributed by atoms with E-state index in [4.69, 9.17) is 0 Å². The summed E-state index contributed by atoms with van der Waals surface area (Å²) >= 11 is 0. The molecule has 0 aliphatic carbocycles. The molecule has 0 radical (unpaired) electrons. The highest BCUT2D eigenvalue weighted by Gasteiger charge is 2.41. The molecule has 3 aromatic carbocycles. The molecule has 13 heteroatoms. The lowest BCUT2D eigenvalue weighted by Gasteiger charge is -2.28. The van der Waals surface area contributed by atoms with Crippen molar-refractivity contribution < 1.29 is 37.1 Å². The highest BCUT2D eigenvalue weighted by Crippen LogP contribution is 2.32. The van der Waals surface area contributed by atoms with E-state index >= 15 is 0 Å². The molecule has 1 saturated heterocycles. The standard InChI is InChI=1S/C27H20F3N5O5/c1-15-5-7-16(8-6-15)22(36)32-19-11-9-17(10-12-19)23(37)34-31-14-21-24(38)33-26(40)35(25(21)39)20-4-2-3-18(13-20)27(28,29)30/h2-14,21H,1H3,(H,32,36)(H,34,37)(H,33,38,40)/b31-14-/t21-/m0/s1. The Kier molecular flexibility index (Phi) is 7.75. The summed E-state index contributed by atoms with van der Waals surface area (Å²) in [7, 11) is 0. The van der Waals surface area contributed by atoms with Crippen LogP contribution >= 0.6 is 0 Å². The van der Waals surface area contributed by atoms with Gasteiger partial charge in [-0.25, -0.2) is 15.1 Å². The second kappa shape index (κ2) is 11.2. The van der Waals surface area contributed by atoms with Crippen LogP contribution in [0.25, 0.3) is 0 Å². The molecule has 1 aliphatic rings. The first kappa shape index (κ1) is 27.7. The van der Waals surface area contributed by atoms with Crippen LogP contribution < -0.4 is 21.0 Å². The number of halogens is 3. The van der Waals surface area contributed by atoms with Crippen molar-refractivity contribution in [3.63, 3.8) is 0 Å². The van der Waals surface area contributed by atoms with E-state index in [1.807, 2.05) is 12.2 Å². The van der Waals surface area contributed by atoms with Crippen molar-refractivity contribution in [2.45, 2.75) is 13.1 Å². The summed E-state index contributed by atoms with van der Waals surface area (Å²) in [5.41, 5.74) is 2.65. The quantitative estimate of drug-likeness (QED) is 0.243. The molecule has 3 N–H and O–H groups in total. The van der Waals surface area contributed by atoms with Crippen molar-refractivity contribution in [1.82, 2.24) is 10.7 Å². The number of anilines is 2. The number of rotatable bonds is 6. The van der Waals surface area contributed by atoms with Gasteiger partial charge in [0.15, 0.2) is 5.92 Å². The lowest BCUT2D eigenvalue weighted by Crippen LogP contribution is -2.58. The second-order valence-electron chi connectivity index (χ2n) is 8.61. The molecular formula is C27H20F3N5O5. The van der Waals surface area contributed by atoms with Crippen LogP contribution in [0.5, 0.6) is 0 Å². The number of benzene rings is 3. The molecule has 1 atom stereocenters. The highest BCUT2D eigenvalue weighted by atomic mass is 19.4. The first-order valence-electron chi connectivity index (χ1n) is 11.6. The SMILES string of the molecule is Cc1ccc(C(=O)Nc2ccc(C(=O)N/N=C\[C@H]3C(=O)NC(=O)N(c4cccc(C(F)(F)F)c4)C3=O)cc2)cc1. The monoisotopic (exact) mass is 551 g/mol. The van der Waals surface area contributed by atoms with Crippen molar-refractivity contribution in [2.24, 2.45) is 11.0 Å². The molecular weight excluding hydrogens is 531 g/mol. The number of carbonyl (C=O) groups is 5. The molecule has 204 valence electrons. The first-order chi connectivity index (χ1) is 18.9. The minimum atomic E-state index is -4.73. The van der Waals surface area contributed by atoms with Gasteiger partial charge in [0, 0.05) is 23.0 Å². The van der Waals surface area contributed by atoms with Gasteiger partial charge in [-0.2, -0.15) is 18.3 Å². The van der Waals surface area contributed by atoms with Crippen LogP contribution in [0.1, 0.15) is 31.8 Å². The van der Waals surface area contributed by atoms with E-state index in [9.17, 15) is 37.1 Å². The van der Waals surface area contributed by atoms with Gasteiger partial charge >= 0.3 is 12.2 Å². The van der Waals surface area contributed by atoms with Crippen molar-refractivity contribution in [3.05, 3.63) is 95.1 Å². The summed E-state index contributed by atoms with van der Waals surface area (Å²) in [4.78, 5) is 62.4. The molecule has 0 aromatic heterocycles. The number of carbonyl (C=O) groups excluding carboxylic acids is 5. The summed E-state index contributed by atoms with van der Waals surface area (Å²) in [5.74, 6) is -4.98. The Morgan fingerprint density at radius 3 is 2.20 bits per heavy atom. The summed E-state index contributed by atoms with van der Waals surface area (Å²) in [6, 6.07) is 15.0. The Morgan fingerprint density at radius 1 is 0.925 bits per heavy atom. The fraction of sp³-hybridized carbons (Fsp3) is 0.111. The fourth-order valence-electron chi connectivity index (χ4n) is 3.64. The number of barbiturate groups is 1. The number of urea groups is 1. The number of hydrogen-bond acceptors (Lipinski definition) is 6. The molecule has 1 aliphatic heterocycles. The molecule has 0 unspecified atom stereocenters. The van der Waals surface area contributed by atoms with Crippen molar-refractivity contribution >= 4 is 47.2 Å². The summed E-state index contributed by atoms with van der Waals surface area (Å²) < 4.78 is 39.2. The van der Waals surface area contributed by atoms with E-state index in [-0.39, 0.29) is 11.5 Å². The average molecular weight is 551 g/mol. The Hall–Kier alpha value is -5.33. The topological polar surface area (TPSA) is 137 Å².